The number of hydrogen-bond acceptors (Lipinski definition) is 3. The standard InChI is InChI=1S/C34H39NO3/c1-22(24-11-7-4-8-12-24)35-33(37)30-20-31-29-15-13-25-19-26(38-21-23-9-5-3-6-10-23)14-16-27(25)28(29)17-18-34(31,2)32(30)36/h3-12,14,16,19,22,28-32,36H,13,15,17-18,20-21H2,1-2H3,(H,35,37)/t22?,28?,29?,30?,31?,32-,34-/m0/s1. The van der Waals surface area contributed by atoms with E-state index < -0.39 is 6.10 Å². The average molecular weight is 510 g/mol. The first-order chi connectivity index (χ1) is 18.4. The topological polar surface area (TPSA) is 58.6 Å². The van der Waals surface area contributed by atoms with Crippen LogP contribution in [0.25, 0.3) is 0 Å². The van der Waals surface area contributed by atoms with Gasteiger partial charge in [0.05, 0.1) is 18.1 Å². The number of rotatable bonds is 6. The van der Waals surface area contributed by atoms with Crippen molar-refractivity contribution in [2.45, 2.75) is 70.6 Å². The largest absolute Gasteiger partial charge is 0.489 e. The number of aliphatic hydroxyl groups is 1. The normalized spacial score (nSPS) is 30.4. The van der Waals surface area contributed by atoms with Gasteiger partial charge in [-0.1, -0.05) is 73.7 Å². The Labute approximate surface area is 226 Å². The van der Waals surface area contributed by atoms with E-state index >= 15 is 0 Å². The van der Waals surface area contributed by atoms with Crippen molar-refractivity contribution in [1.29, 1.82) is 0 Å². The Morgan fingerprint density at radius 2 is 1.79 bits per heavy atom. The molecule has 198 valence electrons. The number of carbonyl (C=O) groups is 1. The minimum atomic E-state index is -0.591. The molecule has 0 radical (unpaired) electrons. The number of aliphatic hydroxyl groups excluding tert-OH is 1. The molecule has 6 rings (SSSR count). The number of hydrogen-bond donors (Lipinski definition) is 2. The lowest BCUT2D eigenvalue weighted by molar-refractivity contribution is -0.130. The molecule has 3 aliphatic rings. The van der Waals surface area contributed by atoms with Crippen molar-refractivity contribution in [2.24, 2.45) is 23.2 Å². The summed E-state index contributed by atoms with van der Waals surface area (Å²) in [5.74, 6) is 1.96. The van der Waals surface area contributed by atoms with Crippen molar-refractivity contribution in [2.75, 3.05) is 0 Å². The van der Waals surface area contributed by atoms with Crippen LogP contribution in [0.4, 0.5) is 0 Å². The molecule has 7 atom stereocenters. The van der Waals surface area contributed by atoms with E-state index in [-0.39, 0.29) is 23.3 Å². The minimum absolute atomic E-state index is 0.00237. The Kier molecular flexibility index (Phi) is 6.77. The SMILES string of the molecule is CC(NC(=O)C1CC2C3CCc4cc(OCc5ccccc5)ccc4C3CC[C@]2(C)[C@H]1O)c1ccccc1. The van der Waals surface area contributed by atoms with Gasteiger partial charge in [-0.05, 0) is 96.6 Å². The zero-order valence-electron chi connectivity index (χ0n) is 22.5. The molecule has 2 N–H and O–H groups in total. The molecule has 0 spiro atoms. The molecule has 3 aliphatic carbocycles. The predicted octanol–water partition coefficient (Wildman–Crippen LogP) is 6.59. The Bertz CT molecular complexity index is 1280. The second-order valence-electron chi connectivity index (χ2n) is 12.0. The fourth-order valence-corrected chi connectivity index (χ4v) is 7.81. The molecule has 2 fully saturated rings. The summed E-state index contributed by atoms with van der Waals surface area (Å²) >= 11 is 0. The first-order valence-corrected chi connectivity index (χ1v) is 14.3. The molecule has 2 saturated carbocycles. The van der Waals surface area contributed by atoms with E-state index in [1.807, 2.05) is 55.5 Å². The Morgan fingerprint density at radius 1 is 1.05 bits per heavy atom. The quantitative estimate of drug-likeness (QED) is 0.394. The third-order valence-electron chi connectivity index (χ3n) is 9.94. The molecule has 0 saturated heterocycles. The van der Waals surface area contributed by atoms with Crippen molar-refractivity contribution in [3.05, 3.63) is 101 Å². The molecular formula is C34H39NO3. The second kappa shape index (κ2) is 10.2. The molecule has 0 heterocycles. The van der Waals surface area contributed by atoms with Gasteiger partial charge in [0.1, 0.15) is 12.4 Å². The summed E-state index contributed by atoms with van der Waals surface area (Å²) in [6.45, 7) is 4.84. The Hall–Kier alpha value is -3.11. The van der Waals surface area contributed by atoms with Crippen molar-refractivity contribution in [3.8, 4) is 5.75 Å². The van der Waals surface area contributed by atoms with Crippen molar-refractivity contribution < 1.29 is 14.6 Å². The van der Waals surface area contributed by atoms with Gasteiger partial charge in [0.25, 0.3) is 0 Å². The van der Waals surface area contributed by atoms with E-state index in [4.69, 9.17) is 4.74 Å². The van der Waals surface area contributed by atoms with E-state index in [1.54, 1.807) is 0 Å². The predicted molar refractivity (Wildman–Crippen MR) is 150 cm³/mol. The maximum Gasteiger partial charge on any atom is 0.226 e. The Balaban J connectivity index is 1.16. The smallest absolute Gasteiger partial charge is 0.226 e. The molecular weight excluding hydrogens is 470 g/mol. The summed E-state index contributed by atoms with van der Waals surface area (Å²) in [6.07, 6.45) is 4.36. The van der Waals surface area contributed by atoms with Gasteiger partial charge in [-0.3, -0.25) is 4.79 Å². The summed E-state index contributed by atoms with van der Waals surface area (Å²) in [7, 11) is 0. The number of amides is 1. The van der Waals surface area contributed by atoms with Crippen LogP contribution in [-0.2, 0) is 17.8 Å². The van der Waals surface area contributed by atoms with E-state index in [0.717, 1.165) is 43.4 Å². The van der Waals surface area contributed by atoms with Gasteiger partial charge >= 0.3 is 0 Å². The van der Waals surface area contributed by atoms with Crippen molar-refractivity contribution in [3.63, 3.8) is 0 Å². The third-order valence-corrected chi connectivity index (χ3v) is 9.94. The van der Waals surface area contributed by atoms with Gasteiger partial charge in [0, 0.05) is 0 Å². The first-order valence-electron chi connectivity index (χ1n) is 14.3. The highest BCUT2D eigenvalue weighted by Gasteiger charge is 2.59. The van der Waals surface area contributed by atoms with E-state index in [1.165, 1.54) is 16.7 Å². The summed E-state index contributed by atoms with van der Waals surface area (Å²) in [6, 6.07) is 26.9. The molecule has 4 heteroatoms. The van der Waals surface area contributed by atoms with Crippen LogP contribution in [0, 0.1) is 23.2 Å². The van der Waals surface area contributed by atoms with E-state index in [9.17, 15) is 9.90 Å². The maximum absolute atomic E-state index is 13.4. The van der Waals surface area contributed by atoms with Gasteiger partial charge < -0.3 is 15.2 Å². The number of benzene rings is 3. The number of ether oxygens (including phenoxy) is 1. The van der Waals surface area contributed by atoms with Crippen LogP contribution in [0.1, 0.15) is 73.7 Å². The molecule has 3 aromatic carbocycles. The molecule has 4 nitrogen and oxygen atoms in total. The highest BCUT2D eigenvalue weighted by atomic mass is 16.5. The zero-order chi connectivity index (χ0) is 26.3. The number of carbonyl (C=O) groups excluding carboxylic acids is 1. The maximum atomic E-state index is 13.4. The first kappa shape index (κ1) is 25.2. The number of fused-ring (bicyclic) bond motifs is 5. The second-order valence-corrected chi connectivity index (χ2v) is 12.0. The van der Waals surface area contributed by atoms with Crippen LogP contribution >= 0.6 is 0 Å². The van der Waals surface area contributed by atoms with Crippen LogP contribution in [0.15, 0.2) is 78.9 Å². The molecule has 0 aromatic heterocycles. The highest BCUT2D eigenvalue weighted by molar-refractivity contribution is 5.80. The van der Waals surface area contributed by atoms with Gasteiger partial charge in [0.15, 0.2) is 0 Å². The highest BCUT2D eigenvalue weighted by Crippen LogP contribution is 2.62. The summed E-state index contributed by atoms with van der Waals surface area (Å²) in [5.41, 5.74) is 4.93. The molecule has 5 unspecified atom stereocenters. The van der Waals surface area contributed by atoms with Crippen LogP contribution in [0.3, 0.4) is 0 Å². The van der Waals surface area contributed by atoms with Gasteiger partial charge in [0.2, 0.25) is 5.91 Å². The average Bonchev–Trinajstić information content (AvgIpc) is 3.23. The van der Waals surface area contributed by atoms with E-state index in [2.05, 4.69) is 42.6 Å². The zero-order valence-corrected chi connectivity index (χ0v) is 22.5. The lowest BCUT2D eigenvalue weighted by Crippen LogP contribution is -2.45. The van der Waals surface area contributed by atoms with Gasteiger partial charge in [-0.25, -0.2) is 0 Å². The lowest BCUT2D eigenvalue weighted by Gasteiger charge is -2.50. The van der Waals surface area contributed by atoms with Gasteiger partial charge in [-0.2, -0.15) is 0 Å². The summed E-state index contributed by atoms with van der Waals surface area (Å²) in [5, 5.41) is 14.7. The van der Waals surface area contributed by atoms with Crippen LogP contribution in [-0.4, -0.2) is 17.1 Å². The van der Waals surface area contributed by atoms with Crippen LogP contribution in [0.2, 0.25) is 0 Å². The monoisotopic (exact) mass is 509 g/mol. The van der Waals surface area contributed by atoms with Crippen LogP contribution in [0.5, 0.6) is 5.75 Å². The molecule has 38 heavy (non-hydrogen) atoms. The van der Waals surface area contributed by atoms with Gasteiger partial charge in [-0.15, -0.1) is 0 Å². The number of aryl methyl sites for hydroxylation is 1. The summed E-state index contributed by atoms with van der Waals surface area (Å²) < 4.78 is 6.12. The summed E-state index contributed by atoms with van der Waals surface area (Å²) in [4.78, 5) is 13.4. The van der Waals surface area contributed by atoms with Crippen LogP contribution < -0.4 is 10.1 Å². The third kappa shape index (κ3) is 4.53. The van der Waals surface area contributed by atoms with Crippen molar-refractivity contribution >= 4 is 5.91 Å². The molecule has 0 aliphatic heterocycles. The van der Waals surface area contributed by atoms with Crippen molar-refractivity contribution in [1.82, 2.24) is 5.32 Å². The molecule has 0 bridgehead atoms. The lowest BCUT2D eigenvalue weighted by atomic mass is 9.55. The van der Waals surface area contributed by atoms with E-state index in [0.29, 0.717) is 24.4 Å². The fourth-order valence-electron chi connectivity index (χ4n) is 7.81. The molecule has 1 amide bonds. The Morgan fingerprint density at radius 3 is 2.55 bits per heavy atom. The fraction of sp³-hybridized carbons (Fsp3) is 0.441. The minimum Gasteiger partial charge on any atom is -0.489 e. The number of nitrogens with one attached hydrogen (secondary N) is 1. The molecule has 3 aromatic rings.